The van der Waals surface area contributed by atoms with Crippen molar-refractivity contribution in [3.63, 3.8) is 0 Å². The van der Waals surface area contributed by atoms with Crippen molar-refractivity contribution >= 4 is 27.8 Å². The van der Waals surface area contributed by atoms with Crippen molar-refractivity contribution in [2.45, 2.75) is 39.4 Å². The molecule has 0 amide bonds. The zero-order valence-electron chi connectivity index (χ0n) is 17.6. The molecule has 1 N–H and O–H groups in total. The summed E-state index contributed by atoms with van der Waals surface area (Å²) in [6, 6.07) is 16.9. The highest BCUT2D eigenvalue weighted by Gasteiger charge is 2.21. The first-order valence-corrected chi connectivity index (χ1v) is 10.2. The van der Waals surface area contributed by atoms with E-state index in [2.05, 4.69) is 52.4 Å². The number of esters is 1. The molecule has 5 heteroatoms. The van der Waals surface area contributed by atoms with Gasteiger partial charge in [-0.25, -0.2) is 9.78 Å². The van der Waals surface area contributed by atoms with Crippen molar-refractivity contribution in [2.75, 3.05) is 7.11 Å². The minimum atomic E-state index is -0.423. The predicted molar refractivity (Wildman–Crippen MR) is 119 cm³/mol. The lowest BCUT2D eigenvalue weighted by Crippen LogP contribution is -2.15. The molecule has 4 rings (SSSR count). The monoisotopic (exact) mass is 402 g/mol. The Morgan fingerprint density at radius 2 is 1.80 bits per heavy atom. The Morgan fingerprint density at radius 1 is 1.03 bits per heavy atom. The van der Waals surface area contributed by atoms with E-state index in [1.807, 2.05) is 19.9 Å². The Morgan fingerprint density at radius 3 is 2.53 bits per heavy atom. The number of hydrogen-bond acceptors (Lipinski definition) is 4. The molecule has 2 heterocycles. The molecule has 0 saturated carbocycles. The Hall–Kier alpha value is -3.18. The molecular weight excluding hydrogens is 376 g/mol. The van der Waals surface area contributed by atoms with Gasteiger partial charge in [0.25, 0.3) is 0 Å². The maximum atomic E-state index is 12.6. The first-order chi connectivity index (χ1) is 14.6. The average Bonchev–Trinajstić information content (AvgIpc) is 3.11. The zero-order valence-corrected chi connectivity index (χ0v) is 17.6. The molecule has 0 aliphatic heterocycles. The molecule has 4 aromatic rings. The number of carbonyl (C=O) groups is 1. The summed E-state index contributed by atoms with van der Waals surface area (Å²) in [5.74, 6) is -0.423. The highest BCUT2D eigenvalue weighted by atomic mass is 16.5. The van der Waals surface area contributed by atoms with Gasteiger partial charge in [0.1, 0.15) is 0 Å². The number of methoxy groups -OCH3 is 1. The number of benzene rings is 2. The number of pyridine rings is 1. The molecule has 5 nitrogen and oxygen atoms in total. The summed E-state index contributed by atoms with van der Waals surface area (Å²) < 4.78 is 10.8. The standard InChI is InChI=1S/C25H26N2O3/c1-16(2)30-25(28)24-20(15-29-3)23-19-13-18(10-9-17-7-5-4-6-8-17)11-12-21(19)27-22(23)14-26-24/h4-8,11-14,16,27H,9-10,15H2,1-3H3. The van der Waals surface area contributed by atoms with Gasteiger partial charge in [-0.3, -0.25) is 0 Å². The summed E-state index contributed by atoms with van der Waals surface area (Å²) in [5, 5.41) is 2.04. The molecule has 0 unspecified atom stereocenters. The van der Waals surface area contributed by atoms with Crippen molar-refractivity contribution in [3.05, 3.63) is 77.1 Å². The largest absolute Gasteiger partial charge is 0.458 e. The molecule has 0 radical (unpaired) electrons. The Labute approximate surface area is 176 Å². The normalized spacial score (nSPS) is 11.5. The maximum absolute atomic E-state index is 12.6. The zero-order chi connectivity index (χ0) is 21.1. The van der Waals surface area contributed by atoms with E-state index in [1.165, 1.54) is 11.1 Å². The van der Waals surface area contributed by atoms with Crippen molar-refractivity contribution in [1.29, 1.82) is 0 Å². The molecule has 2 aromatic heterocycles. The lowest BCUT2D eigenvalue weighted by molar-refractivity contribution is 0.0366. The second kappa shape index (κ2) is 8.67. The minimum Gasteiger partial charge on any atom is -0.458 e. The lowest BCUT2D eigenvalue weighted by Gasteiger charge is -2.12. The first kappa shape index (κ1) is 20.1. The number of aryl methyl sites for hydroxylation is 2. The van der Waals surface area contributed by atoms with Crippen molar-refractivity contribution in [3.8, 4) is 0 Å². The van der Waals surface area contributed by atoms with Crippen molar-refractivity contribution in [2.24, 2.45) is 0 Å². The van der Waals surface area contributed by atoms with Gasteiger partial charge < -0.3 is 14.5 Å². The number of nitrogens with zero attached hydrogens (tertiary/aromatic N) is 1. The van der Waals surface area contributed by atoms with Crippen LogP contribution >= 0.6 is 0 Å². The van der Waals surface area contributed by atoms with E-state index in [4.69, 9.17) is 9.47 Å². The average molecular weight is 402 g/mol. The van der Waals surface area contributed by atoms with Crippen LogP contribution < -0.4 is 0 Å². The predicted octanol–water partition coefficient (Wildman–Crippen LogP) is 5.21. The molecule has 0 atom stereocenters. The maximum Gasteiger partial charge on any atom is 0.357 e. The van der Waals surface area contributed by atoms with Crippen molar-refractivity contribution in [1.82, 2.24) is 9.97 Å². The fourth-order valence-corrected chi connectivity index (χ4v) is 3.83. The SMILES string of the molecule is COCc1c(C(=O)OC(C)C)ncc2[nH]c3ccc(CCc4ccccc4)cc3c12. The number of H-pyrrole nitrogens is 1. The quantitative estimate of drug-likeness (QED) is 0.431. The van der Waals surface area contributed by atoms with Gasteiger partial charge in [-0.15, -0.1) is 0 Å². The Bertz CT molecular complexity index is 1180. The van der Waals surface area contributed by atoms with E-state index in [1.54, 1.807) is 13.3 Å². The molecular formula is C25H26N2O3. The summed E-state index contributed by atoms with van der Waals surface area (Å²) in [4.78, 5) is 20.4. The number of rotatable bonds is 7. The summed E-state index contributed by atoms with van der Waals surface area (Å²) in [6.07, 6.45) is 3.42. The third-order valence-corrected chi connectivity index (χ3v) is 5.17. The smallest absolute Gasteiger partial charge is 0.357 e. The fraction of sp³-hybridized carbons (Fsp3) is 0.280. The van der Waals surface area contributed by atoms with Gasteiger partial charge in [-0.05, 0) is 49.9 Å². The van der Waals surface area contributed by atoms with Crippen LogP contribution in [-0.4, -0.2) is 29.2 Å². The number of ether oxygens (including phenoxy) is 2. The topological polar surface area (TPSA) is 64.2 Å². The van der Waals surface area contributed by atoms with Gasteiger partial charge in [0.2, 0.25) is 0 Å². The van der Waals surface area contributed by atoms with Gasteiger partial charge in [0.05, 0.1) is 24.4 Å². The minimum absolute atomic E-state index is 0.210. The molecule has 0 aliphatic carbocycles. The molecule has 0 aliphatic rings. The lowest BCUT2D eigenvalue weighted by atomic mass is 10.0. The highest BCUT2D eigenvalue weighted by molar-refractivity contribution is 6.11. The van der Waals surface area contributed by atoms with Crippen LogP contribution in [0.3, 0.4) is 0 Å². The van der Waals surface area contributed by atoms with Crippen LogP contribution in [0, 0.1) is 0 Å². The van der Waals surface area contributed by atoms with Crippen LogP contribution in [0.2, 0.25) is 0 Å². The molecule has 30 heavy (non-hydrogen) atoms. The van der Waals surface area contributed by atoms with E-state index in [-0.39, 0.29) is 12.7 Å². The van der Waals surface area contributed by atoms with Crippen LogP contribution in [0.25, 0.3) is 21.8 Å². The van der Waals surface area contributed by atoms with E-state index in [0.29, 0.717) is 5.69 Å². The number of hydrogen-bond donors (Lipinski definition) is 1. The van der Waals surface area contributed by atoms with E-state index >= 15 is 0 Å². The number of fused-ring (bicyclic) bond motifs is 3. The molecule has 0 spiro atoms. The third kappa shape index (κ3) is 4.07. The molecule has 2 aromatic carbocycles. The Kier molecular flexibility index (Phi) is 5.81. The van der Waals surface area contributed by atoms with Crippen LogP contribution in [0.4, 0.5) is 0 Å². The molecule has 154 valence electrons. The van der Waals surface area contributed by atoms with Crippen LogP contribution in [0.1, 0.15) is 41.0 Å². The van der Waals surface area contributed by atoms with Crippen molar-refractivity contribution < 1.29 is 14.3 Å². The van der Waals surface area contributed by atoms with Crippen LogP contribution in [0.5, 0.6) is 0 Å². The summed E-state index contributed by atoms with van der Waals surface area (Å²) in [7, 11) is 1.62. The van der Waals surface area contributed by atoms with E-state index in [0.717, 1.165) is 40.2 Å². The van der Waals surface area contributed by atoms with Crippen LogP contribution in [-0.2, 0) is 28.9 Å². The van der Waals surface area contributed by atoms with Gasteiger partial charge in [0, 0.05) is 29.0 Å². The number of carbonyl (C=O) groups excluding carboxylic acids is 1. The van der Waals surface area contributed by atoms with Gasteiger partial charge in [0.15, 0.2) is 5.69 Å². The molecule has 0 fully saturated rings. The number of aromatic nitrogens is 2. The third-order valence-electron chi connectivity index (χ3n) is 5.17. The summed E-state index contributed by atoms with van der Waals surface area (Å²) >= 11 is 0. The van der Waals surface area contributed by atoms with Gasteiger partial charge >= 0.3 is 5.97 Å². The van der Waals surface area contributed by atoms with E-state index < -0.39 is 5.97 Å². The van der Waals surface area contributed by atoms with Crippen LogP contribution in [0.15, 0.2) is 54.7 Å². The second-order valence-corrected chi connectivity index (χ2v) is 7.75. The summed E-state index contributed by atoms with van der Waals surface area (Å²) in [5.41, 5.74) is 5.54. The number of aromatic amines is 1. The van der Waals surface area contributed by atoms with E-state index in [9.17, 15) is 4.79 Å². The van der Waals surface area contributed by atoms with Gasteiger partial charge in [-0.1, -0.05) is 36.4 Å². The Balaban J connectivity index is 1.77. The highest BCUT2D eigenvalue weighted by Crippen LogP contribution is 2.31. The number of nitrogens with one attached hydrogen (secondary N) is 1. The summed E-state index contributed by atoms with van der Waals surface area (Å²) in [6.45, 7) is 3.95. The first-order valence-electron chi connectivity index (χ1n) is 10.2. The fourth-order valence-electron chi connectivity index (χ4n) is 3.83. The van der Waals surface area contributed by atoms with Gasteiger partial charge in [-0.2, -0.15) is 0 Å². The second-order valence-electron chi connectivity index (χ2n) is 7.75. The molecule has 0 bridgehead atoms. The molecule has 0 saturated heterocycles.